The number of methoxy groups -OCH3 is 1. The van der Waals surface area contributed by atoms with Gasteiger partial charge in [0.15, 0.2) is 0 Å². The monoisotopic (exact) mass is 348 g/mol. The lowest BCUT2D eigenvalue weighted by atomic mass is 10.0. The van der Waals surface area contributed by atoms with Gasteiger partial charge in [-0.1, -0.05) is 25.7 Å². The maximum Gasteiger partial charge on any atom is 0.307 e. The molecule has 0 atom stereocenters. The van der Waals surface area contributed by atoms with E-state index in [1.54, 1.807) is 4.90 Å². The van der Waals surface area contributed by atoms with Gasteiger partial charge in [0.1, 0.15) is 0 Å². The third-order valence-electron chi connectivity index (χ3n) is 4.64. The standard InChI is InChI=1S/C18H24N2O5/c1-25-17(21)12-13-19(15-6-4-2-3-5-7-15)18(22)14-8-10-16(11-9-14)20(23)24/h8-11,15H,2-7,12-13H2,1H3. The molecule has 0 aliphatic heterocycles. The molecule has 0 saturated heterocycles. The number of nitrogens with zero attached hydrogens (tertiary/aromatic N) is 2. The van der Waals surface area contributed by atoms with Gasteiger partial charge in [-0.05, 0) is 25.0 Å². The first-order valence-corrected chi connectivity index (χ1v) is 8.65. The minimum absolute atomic E-state index is 0.0490. The molecule has 1 saturated carbocycles. The van der Waals surface area contributed by atoms with Crippen LogP contribution >= 0.6 is 0 Å². The smallest absolute Gasteiger partial charge is 0.307 e. The van der Waals surface area contributed by atoms with E-state index in [1.807, 2.05) is 0 Å². The number of benzene rings is 1. The van der Waals surface area contributed by atoms with Crippen molar-refractivity contribution < 1.29 is 19.2 Å². The Morgan fingerprint density at radius 2 is 1.76 bits per heavy atom. The number of hydrogen-bond acceptors (Lipinski definition) is 5. The molecule has 1 aliphatic rings. The first-order chi connectivity index (χ1) is 12.0. The summed E-state index contributed by atoms with van der Waals surface area (Å²) >= 11 is 0. The van der Waals surface area contributed by atoms with Gasteiger partial charge in [-0.2, -0.15) is 0 Å². The van der Waals surface area contributed by atoms with Gasteiger partial charge in [-0.25, -0.2) is 0 Å². The van der Waals surface area contributed by atoms with Crippen LogP contribution in [0.2, 0.25) is 0 Å². The molecule has 7 nitrogen and oxygen atoms in total. The molecule has 0 spiro atoms. The van der Waals surface area contributed by atoms with Gasteiger partial charge >= 0.3 is 5.97 Å². The molecule has 0 heterocycles. The van der Waals surface area contributed by atoms with Gasteiger partial charge < -0.3 is 9.64 Å². The highest BCUT2D eigenvalue weighted by molar-refractivity contribution is 5.94. The van der Waals surface area contributed by atoms with Gasteiger partial charge in [0.05, 0.1) is 18.5 Å². The van der Waals surface area contributed by atoms with E-state index in [9.17, 15) is 19.7 Å². The zero-order chi connectivity index (χ0) is 18.2. The summed E-state index contributed by atoms with van der Waals surface area (Å²) in [5.41, 5.74) is 0.354. The van der Waals surface area contributed by atoms with Crippen LogP contribution in [-0.2, 0) is 9.53 Å². The van der Waals surface area contributed by atoms with E-state index in [0.717, 1.165) is 38.5 Å². The van der Waals surface area contributed by atoms with Crippen LogP contribution in [0.15, 0.2) is 24.3 Å². The highest BCUT2D eigenvalue weighted by Crippen LogP contribution is 2.24. The highest BCUT2D eigenvalue weighted by atomic mass is 16.6. The maximum atomic E-state index is 12.9. The van der Waals surface area contributed by atoms with Crippen molar-refractivity contribution in [1.82, 2.24) is 4.90 Å². The molecular formula is C18H24N2O5. The number of amides is 1. The van der Waals surface area contributed by atoms with E-state index in [0.29, 0.717) is 12.1 Å². The Balaban J connectivity index is 2.17. The van der Waals surface area contributed by atoms with Gasteiger partial charge in [0.2, 0.25) is 0 Å². The fourth-order valence-corrected chi connectivity index (χ4v) is 3.22. The van der Waals surface area contributed by atoms with Crippen LogP contribution in [0.1, 0.15) is 55.3 Å². The second-order valence-electron chi connectivity index (χ2n) is 6.27. The second-order valence-corrected chi connectivity index (χ2v) is 6.27. The summed E-state index contributed by atoms with van der Waals surface area (Å²) in [6.07, 6.45) is 6.42. The molecule has 0 unspecified atom stereocenters. The third-order valence-corrected chi connectivity index (χ3v) is 4.64. The summed E-state index contributed by atoms with van der Waals surface area (Å²) in [5, 5.41) is 10.8. The molecular weight excluding hydrogens is 324 g/mol. The summed E-state index contributed by atoms with van der Waals surface area (Å²) in [7, 11) is 1.33. The summed E-state index contributed by atoms with van der Waals surface area (Å²) in [5.74, 6) is -0.541. The van der Waals surface area contributed by atoms with E-state index >= 15 is 0 Å². The zero-order valence-electron chi connectivity index (χ0n) is 14.5. The Bertz CT molecular complexity index is 606. The first kappa shape index (κ1) is 18.9. The predicted molar refractivity (Wildman–Crippen MR) is 92.3 cm³/mol. The number of nitro benzene ring substituents is 1. The number of rotatable bonds is 6. The topological polar surface area (TPSA) is 89.8 Å². The lowest BCUT2D eigenvalue weighted by Crippen LogP contribution is -2.41. The number of ether oxygens (including phenoxy) is 1. The first-order valence-electron chi connectivity index (χ1n) is 8.65. The Kier molecular flexibility index (Phi) is 6.91. The molecule has 0 bridgehead atoms. The van der Waals surface area contributed by atoms with Crippen LogP contribution in [0.5, 0.6) is 0 Å². The van der Waals surface area contributed by atoms with Crippen LogP contribution in [0.25, 0.3) is 0 Å². The Morgan fingerprint density at radius 1 is 1.16 bits per heavy atom. The van der Waals surface area contributed by atoms with Gasteiger partial charge in [-0.3, -0.25) is 19.7 Å². The Morgan fingerprint density at radius 3 is 2.28 bits per heavy atom. The molecule has 7 heteroatoms. The molecule has 0 aromatic heterocycles. The van der Waals surface area contributed by atoms with E-state index in [-0.39, 0.29) is 30.0 Å². The number of carbonyl (C=O) groups is 2. The van der Waals surface area contributed by atoms with Crippen molar-refractivity contribution in [2.24, 2.45) is 0 Å². The molecule has 1 aromatic rings. The number of non-ortho nitro benzene ring substituents is 1. The average Bonchev–Trinajstić information content (AvgIpc) is 2.91. The Hall–Kier alpha value is -2.44. The minimum atomic E-state index is -0.491. The molecule has 1 amide bonds. The van der Waals surface area contributed by atoms with Crippen molar-refractivity contribution in [3.8, 4) is 0 Å². The number of nitro groups is 1. The van der Waals surface area contributed by atoms with Crippen molar-refractivity contribution in [2.45, 2.75) is 51.0 Å². The molecule has 1 aliphatic carbocycles. The SMILES string of the molecule is COC(=O)CCN(C(=O)c1ccc([N+](=O)[O-])cc1)C1CCCCCC1. The molecule has 0 radical (unpaired) electrons. The molecule has 136 valence electrons. The van der Waals surface area contributed by atoms with E-state index in [1.165, 1.54) is 31.4 Å². The second kappa shape index (κ2) is 9.15. The molecule has 25 heavy (non-hydrogen) atoms. The number of hydrogen-bond donors (Lipinski definition) is 0. The largest absolute Gasteiger partial charge is 0.469 e. The summed E-state index contributed by atoms with van der Waals surface area (Å²) < 4.78 is 4.69. The quantitative estimate of drug-likeness (QED) is 0.340. The average molecular weight is 348 g/mol. The van der Waals surface area contributed by atoms with E-state index in [2.05, 4.69) is 4.74 Å². The lowest BCUT2D eigenvalue weighted by Gasteiger charge is -2.31. The molecule has 2 rings (SSSR count). The summed E-state index contributed by atoms with van der Waals surface area (Å²) in [4.78, 5) is 36.5. The van der Waals surface area contributed by atoms with Crippen molar-refractivity contribution in [3.05, 3.63) is 39.9 Å². The van der Waals surface area contributed by atoms with Crippen LogP contribution in [0.4, 0.5) is 5.69 Å². The van der Waals surface area contributed by atoms with Crippen molar-refractivity contribution in [1.29, 1.82) is 0 Å². The van der Waals surface area contributed by atoms with Gasteiger partial charge in [0, 0.05) is 30.3 Å². The fraction of sp³-hybridized carbons (Fsp3) is 0.556. The molecule has 1 aromatic carbocycles. The van der Waals surface area contributed by atoms with Gasteiger partial charge in [0.25, 0.3) is 11.6 Å². The summed E-state index contributed by atoms with van der Waals surface area (Å²) in [6, 6.07) is 5.71. The van der Waals surface area contributed by atoms with Crippen molar-refractivity contribution in [2.75, 3.05) is 13.7 Å². The van der Waals surface area contributed by atoms with E-state index < -0.39 is 4.92 Å². The zero-order valence-corrected chi connectivity index (χ0v) is 14.5. The maximum absolute atomic E-state index is 12.9. The predicted octanol–water partition coefficient (Wildman–Crippen LogP) is 3.32. The fourth-order valence-electron chi connectivity index (χ4n) is 3.22. The van der Waals surface area contributed by atoms with Gasteiger partial charge in [-0.15, -0.1) is 0 Å². The van der Waals surface area contributed by atoms with Crippen LogP contribution in [-0.4, -0.2) is 41.4 Å². The highest BCUT2D eigenvalue weighted by Gasteiger charge is 2.26. The summed E-state index contributed by atoms with van der Waals surface area (Å²) in [6.45, 7) is 0.299. The third kappa shape index (κ3) is 5.27. The van der Waals surface area contributed by atoms with Crippen LogP contribution in [0.3, 0.4) is 0 Å². The number of carbonyl (C=O) groups excluding carboxylic acids is 2. The lowest BCUT2D eigenvalue weighted by molar-refractivity contribution is -0.384. The molecule has 1 fully saturated rings. The normalized spacial score (nSPS) is 15.2. The van der Waals surface area contributed by atoms with E-state index in [4.69, 9.17) is 0 Å². The minimum Gasteiger partial charge on any atom is -0.469 e. The van der Waals surface area contributed by atoms with Crippen LogP contribution < -0.4 is 0 Å². The van der Waals surface area contributed by atoms with Crippen LogP contribution in [0, 0.1) is 10.1 Å². The Labute approximate surface area is 147 Å². The van der Waals surface area contributed by atoms with Crippen molar-refractivity contribution in [3.63, 3.8) is 0 Å². The molecule has 0 N–H and O–H groups in total. The number of esters is 1. The van der Waals surface area contributed by atoms with Crippen molar-refractivity contribution >= 4 is 17.6 Å².